The molecule has 50 heavy (non-hydrogen) atoms. The Balaban J connectivity index is 1.42. The first-order chi connectivity index (χ1) is 23.9. The second-order valence-electron chi connectivity index (χ2n) is 12.8. The van der Waals surface area contributed by atoms with Crippen LogP contribution in [0.5, 0.6) is 0 Å². The van der Waals surface area contributed by atoms with Crippen molar-refractivity contribution in [2.45, 2.75) is 83.8 Å². The van der Waals surface area contributed by atoms with E-state index in [0.717, 1.165) is 11.1 Å². The van der Waals surface area contributed by atoms with Crippen LogP contribution in [-0.4, -0.2) is 84.8 Å². The SMILES string of the molecule is CC(C)(C)OC(=O)N[C@H](CCCCNC(=O)OCc1ccccc1)C(=O)NCC(=O)NC1CCCN(/C(N)=N/C(=O)OCc2ccccc2)C1. The molecule has 1 aliphatic heterocycles. The van der Waals surface area contributed by atoms with Gasteiger partial charge in [-0.3, -0.25) is 9.59 Å². The highest BCUT2D eigenvalue weighted by Crippen LogP contribution is 2.11. The molecule has 1 saturated heterocycles. The first-order valence-electron chi connectivity index (χ1n) is 16.7. The summed E-state index contributed by atoms with van der Waals surface area (Å²) in [5, 5.41) is 10.7. The van der Waals surface area contributed by atoms with E-state index < -0.39 is 41.7 Å². The Hall–Kier alpha value is -5.34. The van der Waals surface area contributed by atoms with Gasteiger partial charge in [-0.05, 0) is 64.0 Å². The monoisotopic (exact) mass is 695 g/mol. The number of hydrogen-bond acceptors (Lipinski definition) is 8. The van der Waals surface area contributed by atoms with Gasteiger partial charge in [0.25, 0.3) is 0 Å². The van der Waals surface area contributed by atoms with Crippen LogP contribution in [0, 0.1) is 0 Å². The number of nitrogens with one attached hydrogen (secondary N) is 4. The first kappa shape index (κ1) is 39.1. The Morgan fingerprint density at radius 3 is 2.18 bits per heavy atom. The van der Waals surface area contributed by atoms with Crippen LogP contribution < -0.4 is 27.0 Å². The van der Waals surface area contributed by atoms with Gasteiger partial charge in [0.15, 0.2) is 0 Å². The van der Waals surface area contributed by atoms with Crippen molar-refractivity contribution in [3.05, 3.63) is 71.8 Å². The van der Waals surface area contributed by atoms with Gasteiger partial charge in [-0.2, -0.15) is 0 Å². The van der Waals surface area contributed by atoms with Crippen LogP contribution in [0.25, 0.3) is 0 Å². The molecule has 3 rings (SSSR count). The summed E-state index contributed by atoms with van der Waals surface area (Å²) in [5.74, 6) is -1.00. The Labute approximate surface area is 292 Å². The molecule has 15 nitrogen and oxygen atoms in total. The van der Waals surface area contributed by atoms with Crippen LogP contribution in [0.1, 0.15) is 64.0 Å². The topological polar surface area (TPSA) is 203 Å². The third-order valence-corrected chi connectivity index (χ3v) is 7.35. The van der Waals surface area contributed by atoms with Gasteiger partial charge in [-0.1, -0.05) is 60.7 Å². The number of carbonyl (C=O) groups is 5. The van der Waals surface area contributed by atoms with Crippen molar-refractivity contribution in [3.63, 3.8) is 0 Å². The average Bonchev–Trinajstić information content (AvgIpc) is 3.08. The number of nitrogens with two attached hydrogens (primary N) is 1. The number of ether oxygens (including phenoxy) is 3. The van der Waals surface area contributed by atoms with E-state index in [4.69, 9.17) is 19.9 Å². The summed E-state index contributed by atoms with van der Waals surface area (Å²) in [6.07, 6.45) is 0.431. The number of unbranched alkanes of at least 4 members (excludes halogenated alkanes) is 1. The molecule has 5 amide bonds. The maximum absolute atomic E-state index is 13.1. The van der Waals surface area contributed by atoms with E-state index in [1.54, 1.807) is 25.7 Å². The molecular formula is C35H49N7O8. The van der Waals surface area contributed by atoms with E-state index in [9.17, 15) is 24.0 Å². The molecule has 1 heterocycles. The number of guanidine groups is 1. The molecule has 0 saturated carbocycles. The lowest BCUT2D eigenvalue weighted by Crippen LogP contribution is -2.54. The first-order valence-corrected chi connectivity index (χ1v) is 16.7. The molecular weight excluding hydrogens is 646 g/mol. The molecule has 0 radical (unpaired) electrons. The standard InChI is InChI=1S/C35H49N7O8/c1-35(2,3)50-34(47)40-28(18-10-11-19-37-32(45)48-23-25-13-6-4-7-14-25)30(44)38-21-29(43)39-27-17-12-20-42(22-27)31(36)41-33(46)49-24-26-15-8-5-9-16-26/h4-9,13-16,27-28H,10-12,17-24H2,1-3H3,(H,37,45)(H,38,44)(H,39,43)(H,40,47)(H2,36,41,46)/t27?,28-/m1/s1. The van der Waals surface area contributed by atoms with Crippen LogP contribution >= 0.6 is 0 Å². The Morgan fingerprint density at radius 2 is 1.54 bits per heavy atom. The molecule has 6 N–H and O–H groups in total. The summed E-state index contributed by atoms with van der Waals surface area (Å²) in [5.41, 5.74) is 6.97. The Kier molecular flexibility index (Phi) is 15.8. The highest BCUT2D eigenvalue weighted by atomic mass is 16.6. The molecule has 0 spiro atoms. The van der Waals surface area contributed by atoms with E-state index in [-0.39, 0.29) is 38.2 Å². The predicted octanol–water partition coefficient (Wildman–Crippen LogP) is 3.32. The molecule has 1 aliphatic rings. The number of alkyl carbamates (subject to hydrolysis) is 2. The summed E-state index contributed by atoms with van der Waals surface area (Å²) >= 11 is 0. The van der Waals surface area contributed by atoms with E-state index in [1.165, 1.54) is 0 Å². The summed E-state index contributed by atoms with van der Waals surface area (Å²) in [7, 11) is 0. The summed E-state index contributed by atoms with van der Waals surface area (Å²) < 4.78 is 15.7. The van der Waals surface area contributed by atoms with Crippen molar-refractivity contribution in [1.82, 2.24) is 26.2 Å². The average molecular weight is 696 g/mol. The Morgan fingerprint density at radius 1 is 0.900 bits per heavy atom. The number of hydrogen-bond donors (Lipinski definition) is 5. The van der Waals surface area contributed by atoms with Crippen LogP contribution in [0.3, 0.4) is 0 Å². The molecule has 0 aromatic heterocycles. The molecule has 272 valence electrons. The molecule has 2 aromatic carbocycles. The second-order valence-corrected chi connectivity index (χ2v) is 12.8. The zero-order chi connectivity index (χ0) is 36.4. The number of piperidine rings is 1. The zero-order valence-corrected chi connectivity index (χ0v) is 28.9. The van der Waals surface area contributed by atoms with Crippen molar-refractivity contribution in [1.29, 1.82) is 0 Å². The number of rotatable bonds is 14. The Bertz CT molecular complexity index is 1430. The number of amides is 5. The molecule has 1 unspecified atom stereocenters. The number of carbonyl (C=O) groups excluding carboxylic acids is 5. The molecule has 2 aromatic rings. The lowest BCUT2D eigenvalue weighted by molar-refractivity contribution is -0.127. The smallest absolute Gasteiger partial charge is 0.437 e. The molecule has 0 bridgehead atoms. The fourth-order valence-electron chi connectivity index (χ4n) is 4.94. The maximum atomic E-state index is 13.1. The van der Waals surface area contributed by atoms with Crippen molar-refractivity contribution < 1.29 is 38.2 Å². The van der Waals surface area contributed by atoms with Gasteiger partial charge in [0.2, 0.25) is 17.8 Å². The number of aliphatic imine (C=N–C) groups is 1. The number of likely N-dealkylation sites (tertiary alicyclic amines) is 1. The van der Waals surface area contributed by atoms with E-state index in [1.807, 2.05) is 60.7 Å². The minimum Gasteiger partial charge on any atom is -0.445 e. The van der Waals surface area contributed by atoms with E-state index >= 15 is 0 Å². The molecule has 15 heteroatoms. The van der Waals surface area contributed by atoms with E-state index in [0.29, 0.717) is 45.3 Å². The third-order valence-electron chi connectivity index (χ3n) is 7.35. The van der Waals surface area contributed by atoms with Crippen molar-refractivity contribution in [2.75, 3.05) is 26.2 Å². The highest BCUT2D eigenvalue weighted by Gasteiger charge is 2.26. The lowest BCUT2D eigenvalue weighted by Gasteiger charge is -2.33. The quantitative estimate of drug-likeness (QED) is 0.0845. The molecule has 1 fully saturated rings. The summed E-state index contributed by atoms with van der Waals surface area (Å²) in [6, 6.07) is 17.2. The van der Waals surface area contributed by atoms with Crippen LogP contribution in [0.15, 0.2) is 65.7 Å². The van der Waals surface area contributed by atoms with Gasteiger partial charge >= 0.3 is 18.3 Å². The van der Waals surface area contributed by atoms with Gasteiger partial charge in [0, 0.05) is 25.7 Å². The fourth-order valence-corrected chi connectivity index (χ4v) is 4.94. The van der Waals surface area contributed by atoms with E-state index in [2.05, 4.69) is 26.3 Å². The van der Waals surface area contributed by atoms with Crippen molar-refractivity contribution in [2.24, 2.45) is 10.7 Å². The van der Waals surface area contributed by atoms with Gasteiger partial charge < -0.3 is 46.1 Å². The van der Waals surface area contributed by atoms with Gasteiger partial charge in [0.1, 0.15) is 24.9 Å². The highest BCUT2D eigenvalue weighted by molar-refractivity contribution is 5.90. The van der Waals surface area contributed by atoms with Crippen LogP contribution in [0.4, 0.5) is 14.4 Å². The maximum Gasteiger partial charge on any atom is 0.437 e. The normalized spacial score (nSPS) is 15.2. The third kappa shape index (κ3) is 15.7. The second kappa shape index (κ2) is 20.2. The van der Waals surface area contributed by atoms with Gasteiger partial charge in [-0.15, -0.1) is 4.99 Å². The minimum absolute atomic E-state index is 0.00866. The van der Waals surface area contributed by atoms with Gasteiger partial charge in [-0.25, -0.2) is 14.4 Å². The fraction of sp³-hybridized carbons (Fsp3) is 0.486. The predicted molar refractivity (Wildman–Crippen MR) is 186 cm³/mol. The summed E-state index contributed by atoms with van der Waals surface area (Å²) in [4.78, 5) is 68.1. The van der Waals surface area contributed by atoms with Crippen LogP contribution in [0.2, 0.25) is 0 Å². The minimum atomic E-state index is -0.981. The summed E-state index contributed by atoms with van der Waals surface area (Å²) in [6.45, 7) is 6.18. The van der Waals surface area contributed by atoms with Crippen molar-refractivity contribution in [3.8, 4) is 0 Å². The number of benzene rings is 2. The molecule has 0 aliphatic carbocycles. The molecule has 2 atom stereocenters. The largest absolute Gasteiger partial charge is 0.445 e. The zero-order valence-electron chi connectivity index (χ0n) is 28.9. The lowest BCUT2D eigenvalue weighted by atomic mass is 10.1. The van der Waals surface area contributed by atoms with Crippen LogP contribution in [-0.2, 0) is 37.0 Å². The van der Waals surface area contributed by atoms with Crippen molar-refractivity contribution >= 4 is 36.1 Å². The van der Waals surface area contributed by atoms with Gasteiger partial charge in [0.05, 0.1) is 6.54 Å². The number of nitrogens with zero attached hydrogens (tertiary/aromatic N) is 2.